The van der Waals surface area contributed by atoms with E-state index in [9.17, 15) is 9.59 Å². The Hall–Kier alpha value is -1.03. The first-order valence-corrected chi connectivity index (χ1v) is 6.29. The molecular weight excluding hydrogens is 266 g/mol. The van der Waals surface area contributed by atoms with Crippen LogP contribution in [-0.2, 0) is 9.59 Å². The predicted molar refractivity (Wildman–Crippen MR) is 81.7 cm³/mol. The van der Waals surface area contributed by atoms with E-state index in [4.69, 9.17) is 0 Å². The lowest BCUT2D eigenvalue weighted by Crippen LogP contribution is -2.13. The van der Waals surface area contributed by atoms with E-state index in [2.05, 4.69) is 35.0 Å². The van der Waals surface area contributed by atoms with Crippen molar-refractivity contribution in [3.63, 3.8) is 0 Å². The quantitative estimate of drug-likeness (QED) is 0.371. The third-order valence-electron chi connectivity index (χ3n) is 1.82. The van der Waals surface area contributed by atoms with E-state index in [-0.39, 0.29) is 12.4 Å². The summed E-state index contributed by atoms with van der Waals surface area (Å²) in [7, 11) is 4.12. The number of carbonyl (C=O) groups excluding carboxylic acids is 2. The Labute approximate surface area is 122 Å². The van der Waals surface area contributed by atoms with Crippen molar-refractivity contribution in [1.29, 1.82) is 0 Å². The zero-order valence-corrected chi connectivity index (χ0v) is 13.0. The fourth-order valence-corrected chi connectivity index (χ4v) is 0.921. The average Bonchev–Trinajstić information content (AvgIpc) is 2.35. The van der Waals surface area contributed by atoms with Gasteiger partial charge >= 0.3 is 0 Å². The van der Waals surface area contributed by atoms with Crippen molar-refractivity contribution in [2.75, 3.05) is 33.7 Å². The highest BCUT2D eigenvalue weighted by atomic mass is 35.5. The van der Waals surface area contributed by atoms with Gasteiger partial charge in [-0.2, -0.15) is 0 Å². The van der Waals surface area contributed by atoms with Gasteiger partial charge in [0.25, 0.3) is 0 Å². The maximum absolute atomic E-state index is 9.56. The zero-order valence-electron chi connectivity index (χ0n) is 12.2. The number of halogens is 1. The normalized spacial score (nSPS) is 8.42. The topological polar surface area (TPSA) is 62.1 Å². The molecule has 5 nitrogen and oxygen atoms in total. The molecule has 112 valence electrons. The molecule has 0 aromatic carbocycles. The van der Waals surface area contributed by atoms with Crippen LogP contribution >= 0.6 is 12.4 Å². The molecule has 0 aromatic heterocycles. The molecule has 0 fully saturated rings. The number of nitrogens with zero attached hydrogens (tertiary/aromatic N) is 3. The Kier molecular flexibility index (Phi) is 27.0. The molecule has 0 spiro atoms. The number of hydrogen-bond acceptors (Lipinski definition) is 5. The van der Waals surface area contributed by atoms with Crippen molar-refractivity contribution in [1.82, 2.24) is 4.90 Å². The summed E-state index contributed by atoms with van der Waals surface area (Å²) in [5.74, 6) is 0. The van der Waals surface area contributed by atoms with Crippen molar-refractivity contribution in [3.05, 3.63) is 0 Å². The highest BCUT2D eigenvalue weighted by Gasteiger charge is 1.86. The van der Waals surface area contributed by atoms with Crippen LogP contribution in [0.3, 0.4) is 0 Å². The van der Waals surface area contributed by atoms with Gasteiger partial charge < -0.3 is 14.5 Å². The molecule has 0 saturated heterocycles. The summed E-state index contributed by atoms with van der Waals surface area (Å²) in [4.78, 5) is 29.1. The van der Waals surface area contributed by atoms with Gasteiger partial charge in [-0.25, -0.2) is 9.98 Å². The van der Waals surface area contributed by atoms with E-state index >= 15 is 0 Å². The van der Waals surface area contributed by atoms with Gasteiger partial charge in [0.05, 0.1) is 12.6 Å². The van der Waals surface area contributed by atoms with Gasteiger partial charge in [-0.1, -0.05) is 0 Å². The third-order valence-corrected chi connectivity index (χ3v) is 1.82. The van der Waals surface area contributed by atoms with E-state index in [1.165, 1.54) is 0 Å². The van der Waals surface area contributed by atoms with Crippen LogP contribution < -0.4 is 0 Å². The van der Waals surface area contributed by atoms with Gasteiger partial charge in [0.15, 0.2) is 0 Å². The number of aldehydes is 2. The highest BCUT2D eigenvalue weighted by Crippen LogP contribution is 1.85. The number of rotatable bonds is 9. The first-order valence-electron chi connectivity index (χ1n) is 6.29. The number of carbonyl (C=O) groups is 2. The molecule has 0 atom stereocenters. The van der Waals surface area contributed by atoms with Gasteiger partial charge in [-0.05, 0) is 40.4 Å². The van der Waals surface area contributed by atoms with Gasteiger partial charge in [-0.15, -0.1) is 12.4 Å². The van der Waals surface area contributed by atoms with Gasteiger partial charge in [-0.3, -0.25) is 0 Å². The van der Waals surface area contributed by atoms with Crippen LogP contribution in [-0.4, -0.2) is 57.2 Å². The van der Waals surface area contributed by atoms with Crippen molar-refractivity contribution in [2.45, 2.75) is 32.6 Å². The summed E-state index contributed by atoms with van der Waals surface area (Å²) in [5.41, 5.74) is 0. The average molecular weight is 292 g/mol. The largest absolute Gasteiger partial charge is 0.309 e. The molecule has 0 rings (SSSR count). The molecule has 0 bridgehead atoms. The summed E-state index contributed by atoms with van der Waals surface area (Å²) in [6.07, 6.45) is 4.46. The molecule has 0 unspecified atom stereocenters. The Bertz CT molecular complexity index is 244. The summed E-state index contributed by atoms with van der Waals surface area (Å²) in [6, 6.07) is 2.64. The molecule has 0 aromatic rings. The minimum absolute atomic E-state index is 0. The Morgan fingerprint density at radius 3 is 2.05 bits per heavy atom. The minimum Gasteiger partial charge on any atom is -0.309 e. The van der Waals surface area contributed by atoms with Gasteiger partial charge in [0.1, 0.15) is 12.6 Å². The van der Waals surface area contributed by atoms with Crippen LogP contribution in [0, 0.1) is 0 Å². The smallest absolute Gasteiger partial charge is 0.120 e. The van der Waals surface area contributed by atoms with Crippen LogP contribution in [0.15, 0.2) is 9.98 Å². The molecule has 0 amide bonds. The molecule has 0 aliphatic rings. The fraction of sp³-hybridized carbons (Fsp3) is 0.769. The second-order valence-corrected chi connectivity index (χ2v) is 3.88. The van der Waals surface area contributed by atoms with E-state index in [1.807, 2.05) is 6.92 Å². The Balaban J connectivity index is -0.000000280. The number of aliphatic imine (C=N–C) groups is 2. The first kappa shape index (κ1) is 23.1. The molecule has 0 saturated carbocycles. The van der Waals surface area contributed by atoms with E-state index in [0.717, 1.165) is 38.6 Å². The molecule has 0 radical (unpaired) electrons. The van der Waals surface area contributed by atoms with Crippen LogP contribution in [0.5, 0.6) is 0 Å². The summed E-state index contributed by atoms with van der Waals surface area (Å²) >= 11 is 0. The van der Waals surface area contributed by atoms with E-state index < -0.39 is 0 Å². The zero-order chi connectivity index (χ0) is 14.1. The van der Waals surface area contributed by atoms with Gasteiger partial charge in [0.2, 0.25) is 0 Å². The maximum atomic E-state index is 9.56. The molecule has 0 aliphatic heterocycles. The third kappa shape index (κ3) is 31.6. The summed E-state index contributed by atoms with van der Waals surface area (Å²) in [5, 5.41) is 0. The van der Waals surface area contributed by atoms with Crippen molar-refractivity contribution in [2.24, 2.45) is 9.98 Å². The van der Waals surface area contributed by atoms with Crippen molar-refractivity contribution >= 4 is 31.0 Å². The lowest BCUT2D eigenvalue weighted by Gasteiger charge is -2.05. The molecule has 0 aliphatic carbocycles. The van der Waals surface area contributed by atoms with E-state index in [0.29, 0.717) is 19.3 Å². The molecule has 19 heavy (non-hydrogen) atoms. The van der Waals surface area contributed by atoms with Crippen LogP contribution in [0.25, 0.3) is 0 Å². The second kappa shape index (κ2) is 22.2. The lowest BCUT2D eigenvalue weighted by atomic mass is 10.3. The summed E-state index contributed by atoms with van der Waals surface area (Å²) < 4.78 is 0. The Morgan fingerprint density at radius 2 is 1.63 bits per heavy atom. The monoisotopic (exact) mass is 291 g/mol. The maximum Gasteiger partial charge on any atom is 0.120 e. The SMILES string of the molecule is CCN=C=NCCCN(C)C.Cl.O=CCCCC=O. The molecule has 0 heterocycles. The molecular formula is C13H26ClN3O2. The number of unbranched alkanes of at least 4 members (excludes halogenated alkanes) is 2. The van der Waals surface area contributed by atoms with Crippen LogP contribution in [0.4, 0.5) is 0 Å². The van der Waals surface area contributed by atoms with Crippen molar-refractivity contribution in [3.8, 4) is 0 Å². The lowest BCUT2D eigenvalue weighted by molar-refractivity contribution is -0.108. The molecule has 6 heteroatoms. The van der Waals surface area contributed by atoms with Crippen molar-refractivity contribution < 1.29 is 9.59 Å². The molecule has 0 N–H and O–H groups in total. The summed E-state index contributed by atoms with van der Waals surface area (Å²) in [6.45, 7) is 4.67. The predicted octanol–water partition coefficient (Wildman–Crippen LogP) is 2.11. The minimum atomic E-state index is 0. The Morgan fingerprint density at radius 1 is 1.05 bits per heavy atom. The number of hydrogen-bond donors (Lipinski definition) is 0. The fourth-order valence-electron chi connectivity index (χ4n) is 0.921. The van der Waals surface area contributed by atoms with Crippen LogP contribution in [0.2, 0.25) is 0 Å². The highest BCUT2D eigenvalue weighted by molar-refractivity contribution is 5.85. The standard InChI is InChI=1S/C8H17N3.C5H8O2.ClH/c1-4-9-8-10-6-5-7-11(2)3;6-4-2-1-3-5-7;/h4-7H2,1-3H3;4-5H,1-3H2;1H. The van der Waals surface area contributed by atoms with Crippen LogP contribution in [0.1, 0.15) is 32.6 Å². The van der Waals surface area contributed by atoms with Gasteiger partial charge in [0, 0.05) is 19.4 Å². The second-order valence-electron chi connectivity index (χ2n) is 3.88. The van der Waals surface area contributed by atoms with E-state index in [1.54, 1.807) is 0 Å². The first-order chi connectivity index (χ1) is 8.68.